The van der Waals surface area contributed by atoms with Crippen molar-refractivity contribution in [2.24, 2.45) is 5.41 Å². The molecule has 0 rings (SSSR count). The average molecular weight is 251 g/mol. The number of hydrogen-bond donors (Lipinski definition) is 2. The van der Waals surface area contributed by atoms with Gasteiger partial charge >= 0.3 is 0 Å². The van der Waals surface area contributed by atoms with Crippen LogP contribution in [0.2, 0.25) is 0 Å². The second-order valence-electron chi connectivity index (χ2n) is 5.59. The van der Waals surface area contributed by atoms with Crippen LogP contribution in [0.25, 0.3) is 0 Å². The Morgan fingerprint density at radius 2 is 1.81 bits per heavy atom. The molecule has 0 spiro atoms. The second kappa shape index (κ2) is 5.98. The predicted molar refractivity (Wildman–Crippen MR) is 67.3 cm³/mol. The third kappa shape index (κ3) is 7.19. The van der Waals surface area contributed by atoms with Gasteiger partial charge in [0, 0.05) is 24.9 Å². The minimum absolute atomic E-state index is 0.00843. The van der Waals surface area contributed by atoms with Crippen LogP contribution in [0.5, 0.6) is 0 Å². The molecule has 0 saturated heterocycles. The summed E-state index contributed by atoms with van der Waals surface area (Å²) in [7, 11) is -2.95. The summed E-state index contributed by atoms with van der Waals surface area (Å²) in [4.78, 5) is 0. The molecule has 0 amide bonds. The van der Waals surface area contributed by atoms with Gasteiger partial charge in [0.2, 0.25) is 0 Å². The largest absolute Gasteiger partial charge is 0.396 e. The van der Waals surface area contributed by atoms with Crippen LogP contribution in [-0.4, -0.2) is 44.2 Å². The van der Waals surface area contributed by atoms with E-state index in [-0.39, 0.29) is 29.9 Å². The van der Waals surface area contributed by atoms with Crippen LogP contribution in [-0.2, 0) is 9.84 Å². The summed E-state index contributed by atoms with van der Waals surface area (Å²) < 4.78 is 22.3. The van der Waals surface area contributed by atoms with Crippen molar-refractivity contribution in [1.29, 1.82) is 0 Å². The van der Waals surface area contributed by atoms with E-state index in [9.17, 15) is 8.42 Å². The van der Waals surface area contributed by atoms with Gasteiger partial charge in [0.1, 0.15) is 9.84 Å². The third-order valence-corrected chi connectivity index (χ3v) is 3.61. The number of sulfone groups is 1. The average Bonchev–Trinajstić information content (AvgIpc) is 1.97. The first-order valence-corrected chi connectivity index (χ1v) is 7.67. The predicted octanol–water partition coefficient (Wildman–Crippen LogP) is 0.806. The van der Waals surface area contributed by atoms with Gasteiger partial charge < -0.3 is 10.4 Å². The second-order valence-corrected chi connectivity index (χ2v) is 7.78. The summed E-state index contributed by atoms with van der Waals surface area (Å²) in [5, 5.41) is 12.3. The molecule has 0 heterocycles. The van der Waals surface area contributed by atoms with Crippen molar-refractivity contribution < 1.29 is 13.5 Å². The molecule has 0 aliphatic carbocycles. The molecule has 0 bridgehead atoms. The molecule has 0 aromatic carbocycles. The maximum absolute atomic E-state index is 11.1. The van der Waals surface area contributed by atoms with Crippen LogP contribution in [0, 0.1) is 5.41 Å². The summed E-state index contributed by atoms with van der Waals surface area (Å²) in [6, 6.07) is 0.0278. The molecule has 2 atom stereocenters. The molecule has 16 heavy (non-hydrogen) atoms. The highest BCUT2D eigenvalue weighted by Crippen LogP contribution is 2.22. The van der Waals surface area contributed by atoms with E-state index in [2.05, 4.69) is 26.1 Å². The summed E-state index contributed by atoms with van der Waals surface area (Å²) >= 11 is 0. The van der Waals surface area contributed by atoms with Gasteiger partial charge in [-0.25, -0.2) is 8.42 Å². The number of aliphatic hydroxyl groups is 1. The van der Waals surface area contributed by atoms with Gasteiger partial charge in [0.05, 0.1) is 5.75 Å². The highest BCUT2D eigenvalue weighted by atomic mass is 32.2. The minimum atomic E-state index is -2.95. The summed E-state index contributed by atoms with van der Waals surface area (Å²) in [5.74, 6) is 0.130. The van der Waals surface area contributed by atoms with Crippen molar-refractivity contribution in [3.63, 3.8) is 0 Å². The molecule has 2 N–H and O–H groups in total. The number of hydrogen-bond acceptors (Lipinski definition) is 4. The Bertz CT molecular complexity index is 293. The molecule has 4 nitrogen and oxygen atoms in total. The van der Waals surface area contributed by atoms with E-state index in [0.717, 1.165) is 0 Å². The summed E-state index contributed by atoms with van der Waals surface area (Å²) in [5.41, 5.74) is 0.00843. The molecule has 98 valence electrons. The van der Waals surface area contributed by atoms with Gasteiger partial charge in [-0.1, -0.05) is 20.8 Å². The number of aliphatic hydroxyl groups excluding tert-OH is 1. The van der Waals surface area contributed by atoms with Crippen molar-refractivity contribution in [2.75, 3.05) is 18.6 Å². The fourth-order valence-corrected chi connectivity index (χ4v) is 2.75. The van der Waals surface area contributed by atoms with Crippen molar-refractivity contribution in [3.8, 4) is 0 Å². The molecule has 0 aliphatic heterocycles. The maximum Gasteiger partial charge on any atom is 0.148 e. The fourth-order valence-electron chi connectivity index (χ4n) is 1.74. The fraction of sp³-hybridized carbons (Fsp3) is 1.00. The van der Waals surface area contributed by atoms with Crippen LogP contribution < -0.4 is 5.32 Å². The van der Waals surface area contributed by atoms with Crippen molar-refractivity contribution in [2.45, 2.75) is 46.2 Å². The summed E-state index contributed by atoms with van der Waals surface area (Å²) in [6.07, 6.45) is 1.88. The van der Waals surface area contributed by atoms with Gasteiger partial charge in [0.15, 0.2) is 0 Å². The molecule has 0 aromatic rings. The zero-order valence-electron chi connectivity index (χ0n) is 10.9. The lowest BCUT2D eigenvalue weighted by molar-refractivity contribution is 0.190. The normalized spacial score (nSPS) is 17.1. The van der Waals surface area contributed by atoms with E-state index < -0.39 is 9.84 Å². The van der Waals surface area contributed by atoms with Crippen LogP contribution >= 0.6 is 0 Å². The standard InChI is InChI=1S/C11H25NO3S/c1-9(8-16(5,14)15)12-10(6-7-13)11(2,3)4/h9-10,12-13H,6-8H2,1-5H3. The Morgan fingerprint density at radius 1 is 1.31 bits per heavy atom. The lowest BCUT2D eigenvalue weighted by Gasteiger charge is -2.33. The van der Waals surface area contributed by atoms with Crippen LogP contribution in [0.15, 0.2) is 0 Å². The number of nitrogens with one attached hydrogen (secondary N) is 1. The molecule has 0 radical (unpaired) electrons. The van der Waals surface area contributed by atoms with E-state index in [1.54, 1.807) is 0 Å². The molecule has 2 unspecified atom stereocenters. The van der Waals surface area contributed by atoms with Crippen molar-refractivity contribution in [3.05, 3.63) is 0 Å². The van der Waals surface area contributed by atoms with Gasteiger partial charge in [0.25, 0.3) is 0 Å². The third-order valence-electron chi connectivity index (χ3n) is 2.50. The van der Waals surface area contributed by atoms with Crippen molar-refractivity contribution >= 4 is 9.84 Å². The first kappa shape index (κ1) is 15.9. The van der Waals surface area contributed by atoms with Crippen molar-refractivity contribution in [1.82, 2.24) is 5.32 Å². The quantitative estimate of drug-likeness (QED) is 0.733. The molecule has 0 fully saturated rings. The molecule has 0 saturated carbocycles. The Balaban J connectivity index is 4.41. The Hall–Kier alpha value is -0.130. The van der Waals surface area contributed by atoms with E-state index in [1.807, 2.05) is 6.92 Å². The van der Waals surface area contributed by atoms with Gasteiger partial charge in [-0.3, -0.25) is 0 Å². The summed E-state index contributed by atoms with van der Waals surface area (Å²) in [6.45, 7) is 8.20. The highest BCUT2D eigenvalue weighted by molar-refractivity contribution is 7.90. The van der Waals surface area contributed by atoms with Gasteiger partial charge in [-0.15, -0.1) is 0 Å². The lowest BCUT2D eigenvalue weighted by atomic mass is 9.84. The zero-order valence-corrected chi connectivity index (χ0v) is 11.8. The van der Waals surface area contributed by atoms with E-state index >= 15 is 0 Å². The molecular formula is C11H25NO3S. The highest BCUT2D eigenvalue weighted by Gasteiger charge is 2.26. The van der Waals surface area contributed by atoms with Crippen LogP contribution in [0.4, 0.5) is 0 Å². The van der Waals surface area contributed by atoms with Crippen LogP contribution in [0.1, 0.15) is 34.1 Å². The van der Waals surface area contributed by atoms with Gasteiger partial charge in [-0.2, -0.15) is 0 Å². The first-order chi connectivity index (χ1) is 7.06. The van der Waals surface area contributed by atoms with Crippen LogP contribution in [0.3, 0.4) is 0 Å². The molecule has 0 aromatic heterocycles. The van der Waals surface area contributed by atoms with E-state index in [0.29, 0.717) is 6.42 Å². The minimum Gasteiger partial charge on any atom is -0.396 e. The zero-order chi connectivity index (χ0) is 13.0. The lowest BCUT2D eigenvalue weighted by Crippen LogP contribution is -2.47. The maximum atomic E-state index is 11.1. The Kier molecular flexibility index (Phi) is 5.93. The van der Waals surface area contributed by atoms with Gasteiger partial charge in [-0.05, 0) is 18.8 Å². The Labute approximate surface area is 99.4 Å². The van der Waals surface area contributed by atoms with E-state index in [4.69, 9.17) is 5.11 Å². The smallest absolute Gasteiger partial charge is 0.148 e. The first-order valence-electron chi connectivity index (χ1n) is 5.61. The molecule has 0 aliphatic rings. The molecule has 5 heteroatoms. The monoisotopic (exact) mass is 251 g/mol. The van der Waals surface area contributed by atoms with E-state index in [1.165, 1.54) is 6.26 Å². The SMILES string of the molecule is CC(CS(C)(=O)=O)NC(CCO)C(C)(C)C. The molecular weight excluding hydrogens is 226 g/mol. The number of rotatable bonds is 6. The Morgan fingerprint density at radius 3 is 2.12 bits per heavy atom. The topological polar surface area (TPSA) is 66.4 Å².